The molecule has 3 rings (SSSR count). The van der Waals surface area contributed by atoms with E-state index in [1.807, 2.05) is 0 Å². The maximum Gasteiger partial charge on any atom is 0.191 e. The number of ether oxygens (including phenoxy) is 1. The highest BCUT2D eigenvalue weighted by molar-refractivity contribution is 6.74. The Kier molecular flexibility index (Phi) is 4.12. The number of aliphatic hydroxyl groups is 1. The molecule has 0 radical (unpaired) electrons. The molecule has 1 aliphatic carbocycles. The van der Waals surface area contributed by atoms with Crippen LogP contribution < -0.4 is 0 Å². The van der Waals surface area contributed by atoms with Crippen molar-refractivity contribution >= 4 is 8.32 Å². The van der Waals surface area contributed by atoms with Crippen LogP contribution in [-0.2, 0) is 9.16 Å². The second kappa shape index (κ2) is 5.30. The molecule has 2 heterocycles. The van der Waals surface area contributed by atoms with E-state index in [1.54, 1.807) is 0 Å². The lowest BCUT2D eigenvalue weighted by atomic mass is 9.74. The van der Waals surface area contributed by atoms with E-state index in [0.717, 1.165) is 51.6 Å². The zero-order valence-corrected chi connectivity index (χ0v) is 17.0. The molecule has 0 aromatic rings. The summed E-state index contributed by atoms with van der Waals surface area (Å²) in [6.07, 6.45) is 7.07. The normalized spacial score (nSPS) is 44.2. The standard InChI is InChI=1S/C19H36O3Si/c1-16(2,3)23(5,6)21-14-15-8-11-18(20)9-7-10-19(18)13-12-17(15,4)22-19/h15,20H,7-14H2,1-6H3/t15-,17+,18-,19-/m0/s1. The van der Waals surface area contributed by atoms with E-state index < -0.39 is 13.9 Å². The Morgan fingerprint density at radius 1 is 1.13 bits per heavy atom. The fraction of sp³-hybridized carbons (Fsp3) is 1.00. The Labute approximate surface area is 143 Å². The van der Waals surface area contributed by atoms with Crippen LogP contribution in [0.15, 0.2) is 0 Å². The third-order valence-corrected chi connectivity index (χ3v) is 12.2. The van der Waals surface area contributed by atoms with Crippen LogP contribution in [0.3, 0.4) is 0 Å². The summed E-state index contributed by atoms with van der Waals surface area (Å²) < 4.78 is 13.2. The van der Waals surface area contributed by atoms with Gasteiger partial charge in [-0.05, 0) is 70.0 Å². The molecular weight excluding hydrogens is 304 g/mol. The first-order valence-electron chi connectivity index (χ1n) is 9.50. The van der Waals surface area contributed by atoms with Gasteiger partial charge in [-0.25, -0.2) is 0 Å². The molecule has 2 saturated heterocycles. The zero-order chi connectivity index (χ0) is 17.1. The molecule has 1 N–H and O–H groups in total. The molecule has 2 bridgehead atoms. The van der Waals surface area contributed by atoms with Crippen LogP contribution in [0.5, 0.6) is 0 Å². The van der Waals surface area contributed by atoms with Crippen LogP contribution in [0.2, 0.25) is 18.1 Å². The average Bonchev–Trinajstić information content (AvgIpc) is 2.88. The first-order chi connectivity index (χ1) is 10.4. The van der Waals surface area contributed by atoms with Gasteiger partial charge in [-0.3, -0.25) is 0 Å². The van der Waals surface area contributed by atoms with Crippen molar-refractivity contribution in [2.24, 2.45) is 5.92 Å². The fourth-order valence-corrected chi connectivity index (χ4v) is 5.82. The van der Waals surface area contributed by atoms with Gasteiger partial charge >= 0.3 is 0 Å². The second-order valence-electron chi connectivity index (χ2n) is 10.1. The first kappa shape index (κ1) is 17.9. The van der Waals surface area contributed by atoms with E-state index in [1.165, 1.54) is 0 Å². The van der Waals surface area contributed by atoms with Crippen molar-refractivity contribution in [3.63, 3.8) is 0 Å². The summed E-state index contributed by atoms with van der Waals surface area (Å²) in [4.78, 5) is 0. The highest BCUT2D eigenvalue weighted by atomic mass is 28.4. The molecule has 3 fully saturated rings. The molecule has 1 saturated carbocycles. The van der Waals surface area contributed by atoms with Gasteiger partial charge in [0.25, 0.3) is 0 Å². The van der Waals surface area contributed by atoms with Gasteiger partial charge in [-0.15, -0.1) is 0 Å². The van der Waals surface area contributed by atoms with Crippen molar-refractivity contribution in [1.82, 2.24) is 0 Å². The predicted octanol–water partition coefficient (Wildman–Crippen LogP) is 4.64. The molecule has 4 atom stereocenters. The van der Waals surface area contributed by atoms with E-state index in [-0.39, 0.29) is 16.2 Å². The van der Waals surface area contributed by atoms with E-state index in [9.17, 15) is 5.11 Å². The number of hydrogen-bond donors (Lipinski definition) is 1. The maximum atomic E-state index is 11.2. The molecule has 3 aliphatic rings. The minimum absolute atomic E-state index is 0.114. The average molecular weight is 341 g/mol. The summed E-state index contributed by atoms with van der Waals surface area (Å²) >= 11 is 0. The molecule has 0 unspecified atom stereocenters. The minimum Gasteiger partial charge on any atom is -0.416 e. The summed E-state index contributed by atoms with van der Waals surface area (Å²) in [6, 6.07) is 0. The lowest BCUT2D eigenvalue weighted by molar-refractivity contribution is -0.181. The Bertz CT molecular complexity index is 472. The van der Waals surface area contributed by atoms with Gasteiger partial charge in [0.2, 0.25) is 0 Å². The van der Waals surface area contributed by atoms with Crippen molar-refractivity contribution in [1.29, 1.82) is 0 Å². The van der Waals surface area contributed by atoms with E-state index >= 15 is 0 Å². The van der Waals surface area contributed by atoms with Crippen LogP contribution in [0, 0.1) is 5.92 Å². The molecule has 134 valence electrons. The Morgan fingerprint density at radius 3 is 2.48 bits per heavy atom. The molecule has 0 aromatic carbocycles. The van der Waals surface area contributed by atoms with Gasteiger partial charge in [-0.2, -0.15) is 0 Å². The molecule has 0 amide bonds. The van der Waals surface area contributed by atoms with Gasteiger partial charge in [0.05, 0.1) is 16.8 Å². The molecule has 4 heteroatoms. The Balaban J connectivity index is 1.75. The van der Waals surface area contributed by atoms with Gasteiger partial charge < -0.3 is 14.3 Å². The summed E-state index contributed by atoms with van der Waals surface area (Å²) in [5.41, 5.74) is -0.957. The first-order valence-corrected chi connectivity index (χ1v) is 12.4. The van der Waals surface area contributed by atoms with Crippen molar-refractivity contribution in [3.05, 3.63) is 0 Å². The highest BCUT2D eigenvalue weighted by Gasteiger charge is 2.64. The van der Waals surface area contributed by atoms with Gasteiger partial charge in [0, 0.05) is 12.5 Å². The largest absolute Gasteiger partial charge is 0.416 e. The topological polar surface area (TPSA) is 38.7 Å². The fourth-order valence-electron chi connectivity index (χ4n) is 4.77. The lowest BCUT2D eigenvalue weighted by Crippen LogP contribution is -2.49. The smallest absolute Gasteiger partial charge is 0.191 e. The van der Waals surface area contributed by atoms with E-state index in [0.29, 0.717) is 5.92 Å². The van der Waals surface area contributed by atoms with Crippen LogP contribution >= 0.6 is 0 Å². The molecule has 2 aliphatic heterocycles. The zero-order valence-electron chi connectivity index (χ0n) is 16.0. The minimum atomic E-state index is -1.73. The third kappa shape index (κ3) is 2.74. The van der Waals surface area contributed by atoms with Crippen molar-refractivity contribution in [2.75, 3.05) is 6.61 Å². The van der Waals surface area contributed by atoms with Crippen molar-refractivity contribution in [3.8, 4) is 0 Å². The molecule has 0 aromatic heterocycles. The van der Waals surface area contributed by atoms with Crippen molar-refractivity contribution < 1.29 is 14.3 Å². The number of rotatable bonds is 3. The van der Waals surface area contributed by atoms with Gasteiger partial charge in [0.1, 0.15) is 0 Å². The molecular formula is C19H36O3Si. The maximum absolute atomic E-state index is 11.2. The molecule has 1 spiro atoms. The number of fused-ring (bicyclic) bond motifs is 1. The van der Waals surface area contributed by atoms with E-state index in [4.69, 9.17) is 9.16 Å². The van der Waals surface area contributed by atoms with Crippen LogP contribution in [0.4, 0.5) is 0 Å². The summed E-state index contributed by atoms with van der Waals surface area (Å²) in [5, 5.41) is 11.4. The second-order valence-corrected chi connectivity index (χ2v) is 14.9. The van der Waals surface area contributed by atoms with Crippen molar-refractivity contribution in [2.45, 2.75) is 108 Å². The Morgan fingerprint density at radius 2 is 1.83 bits per heavy atom. The van der Waals surface area contributed by atoms with Gasteiger partial charge in [0.15, 0.2) is 8.32 Å². The van der Waals surface area contributed by atoms with Crippen LogP contribution in [0.25, 0.3) is 0 Å². The molecule has 3 nitrogen and oxygen atoms in total. The summed E-state index contributed by atoms with van der Waals surface area (Å²) in [5.74, 6) is 0.408. The highest BCUT2D eigenvalue weighted by Crippen LogP contribution is 2.59. The lowest BCUT2D eigenvalue weighted by Gasteiger charge is -2.40. The quantitative estimate of drug-likeness (QED) is 0.761. The predicted molar refractivity (Wildman–Crippen MR) is 96.1 cm³/mol. The third-order valence-electron chi connectivity index (χ3n) is 7.69. The summed E-state index contributed by atoms with van der Waals surface area (Å²) in [6.45, 7) is 14.6. The Hall–Kier alpha value is 0.0969. The van der Waals surface area contributed by atoms with Crippen LogP contribution in [-0.4, -0.2) is 36.8 Å². The monoisotopic (exact) mass is 340 g/mol. The molecule has 23 heavy (non-hydrogen) atoms. The summed E-state index contributed by atoms with van der Waals surface area (Å²) in [7, 11) is -1.73. The van der Waals surface area contributed by atoms with Crippen LogP contribution in [0.1, 0.15) is 72.6 Å². The SMILES string of the molecule is CC(C)(C)[Si](C)(C)OC[C@@H]1CC[C@@]2(O)CCC[C@]23CC[C@@]1(C)O3. The van der Waals surface area contributed by atoms with Gasteiger partial charge in [-0.1, -0.05) is 20.8 Å². The van der Waals surface area contributed by atoms with E-state index in [2.05, 4.69) is 40.8 Å². The number of hydrogen-bond acceptors (Lipinski definition) is 3.